The Bertz CT molecular complexity index is 929. The molecular formula is C23H28N2O2. The molecule has 4 rings (SSSR count). The van der Waals surface area contributed by atoms with E-state index in [-0.39, 0.29) is 6.04 Å². The number of H-pyrrole nitrogens is 1. The second-order valence-corrected chi connectivity index (χ2v) is 7.67. The Morgan fingerprint density at radius 1 is 1.11 bits per heavy atom. The first kappa shape index (κ1) is 17.9. The van der Waals surface area contributed by atoms with Crippen molar-refractivity contribution in [2.45, 2.75) is 32.7 Å². The van der Waals surface area contributed by atoms with Crippen molar-refractivity contribution in [1.82, 2.24) is 10.3 Å². The number of hydrogen-bond donors (Lipinski definition) is 2. The monoisotopic (exact) mass is 364 g/mol. The van der Waals surface area contributed by atoms with Crippen molar-refractivity contribution in [3.05, 3.63) is 59.3 Å². The quantitative estimate of drug-likeness (QED) is 0.658. The number of benzene rings is 2. The van der Waals surface area contributed by atoms with Crippen LogP contribution in [0.15, 0.2) is 42.5 Å². The minimum absolute atomic E-state index is 0.154. The Hall–Kier alpha value is -2.46. The fraction of sp³-hybridized carbons (Fsp3) is 0.391. The van der Waals surface area contributed by atoms with E-state index >= 15 is 0 Å². The number of ether oxygens (including phenoxy) is 2. The minimum atomic E-state index is 0.154. The van der Waals surface area contributed by atoms with Gasteiger partial charge in [0.05, 0.1) is 19.8 Å². The van der Waals surface area contributed by atoms with E-state index in [4.69, 9.17) is 9.47 Å². The van der Waals surface area contributed by atoms with Gasteiger partial charge in [-0.15, -0.1) is 0 Å². The van der Waals surface area contributed by atoms with Gasteiger partial charge in [0.25, 0.3) is 0 Å². The molecule has 0 aliphatic carbocycles. The van der Waals surface area contributed by atoms with Crippen LogP contribution in [-0.4, -0.2) is 25.2 Å². The molecule has 0 saturated carbocycles. The van der Waals surface area contributed by atoms with Crippen molar-refractivity contribution < 1.29 is 9.47 Å². The van der Waals surface area contributed by atoms with Crippen LogP contribution in [0.1, 0.15) is 43.1 Å². The zero-order valence-corrected chi connectivity index (χ0v) is 16.3. The maximum atomic E-state index is 5.97. The van der Waals surface area contributed by atoms with E-state index in [1.807, 2.05) is 12.1 Å². The van der Waals surface area contributed by atoms with E-state index < -0.39 is 0 Å². The molecule has 4 nitrogen and oxygen atoms in total. The lowest BCUT2D eigenvalue weighted by Gasteiger charge is -2.25. The van der Waals surface area contributed by atoms with Gasteiger partial charge in [-0.2, -0.15) is 0 Å². The molecule has 2 aromatic carbocycles. The van der Waals surface area contributed by atoms with E-state index in [1.54, 1.807) is 7.11 Å². The molecule has 0 spiro atoms. The summed E-state index contributed by atoms with van der Waals surface area (Å²) in [6, 6.07) is 14.9. The van der Waals surface area contributed by atoms with Crippen LogP contribution in [0.5, 0.6) is 11.5 Å². The van der Waals surface area contributed by atoms with Gasteiger partial charge in [0.15, 0.2) is 0 Å². The second-order valence-electron chi connectivity index (χ2n) is 7.67. The first-order chi connectivity index (χ1) is 13.2. The molecule has 0 amide bonds. The molecule has 1 unspecified atom stereocenters. The van der Waals surface area contributed by atoms with Crippen LogP contribution in [0.3, 0.4) is 0 Å². The van der Waals surface area contributed by atoms with Gasteiger partial charge in [-0.3, -0.25) is 0 Å². The molecule has 1 aromatic heterocycles. The first-order valence-corrected chi connectivity index (χ1v) is 9.80. The summed E-state index contributed by atoms with van der Waals surface area (Å²) in [7, 11) is 1.72. The summed E-state index contributed by atoms with van der Waals surface area (Å²) in [6.45, 7) is 6.16. The number of hydrogen-bond acceptors (Lipinski definition) is 3. The third kappa shape index (κ3) is 3.67. The molecule has 2 N–H and O–H groups in total. The second kappa shape index (κ2) is 7.65. The standard InChI is InChI=1S/C23H28N2O2/c1-15(2)10-12-27-18-6-4-5-16(13-18)22-23-19(9-11-24-22)20-14-17(26-3)7-8-21(20)25-23/h4-8,13-15,22,24-25H,9-12H2,1-3H3. The minimum Gasteiger partial charge on any atom is -0.497 e. The number of methoxy groups -OCH3 is 1. The largest absolute Gasteiger partial charge is 0.497 e. The smallest absolute Gasteiger partial charge is 0.119 e. The molecular weight excluding hydrogens is 336 g/mol. The molecule has 0 bridgehead atoms. The predicted octanol–water partition coefficient (Wildman–Crippen LogP) is 4.84. The molecule has 0 radical (unpaired) electrons. The number of aromatic nitrogens is 1. The molecule has 4 heteroatoms. The van der Waals surface area contributed by atoms with E-state index in [1.165, 1.54) is 27.7 Å². The number of fused-ring (bicyclic) bond motifs is 3. The van der Waals surface area contributed by atoms with Crippen LogP contribution in [0.2, 0.25) is 0 Å². The highest BCUT2D eigenvalue weighted by atomic mass is 16.5. The van der Waals surface area contributed by atoms with Crippen LogP contribution < -0.4 is 14.8 Å². The van der Waals surface area contributed by atoms with Crippen molar-refractivity contribution >= 4 is 10.9 Å². The highest BCUT2D eigenvalue weighted by molar-refractivity contribution is 5.86. The molecule has 3 aromatic rings. The lowest BCUT2D eigenvalue weighted by Crippen LogP contribution is -2.30. The highest BCUT2D eigenvalue weighted by Gasteiger charge is 2.25. The highest BCUT2D eigenvalue weighted by Crippen LogP contribution is 2.35. The fourth-order valence-corrected chi connectivity index (χ4v) is 3.81. The van der Waals surface area contributed by atoms with Crippen LogP contribution in [-0.2, 0) is 6.42 Å². The van der Waals surface area contributed by atoms with Gasteiger partial charge in [0.2, 0.25) is 0 Å². The molecule has 1 atom stereocenters. The third-order valence-corrected chi connectivity index (χ3v) is 5.31. The average molecular weight is 364 g/mol. The lowest BCUT2D eigenvalue weighted by molar-refractivity contribution is 0.289. The van der Waals surface area contributed by atoms with Crippen molar-refractivity contribution in [2.75, 3.05) is 20.3 Å². The van der Waals surface area contributed by atoms with Crippen molar-refractivity contribution in [3.8, 4) is 11.5 Å². The van der Waals surface area contributed by atoms with Crippen molar-refractivity contribution in [3.63, 3.8) is 0 Å². The Labute approximate surface area is 160 Å². The van der Waals surface area contributed by atoms with Crippen LogP contribution in [0.25, 0.3) is 10.9 Å². The number of aromatic amines is 1. The molecule has 0 fully saturated rings. The average Bonchev–Trinajstić information content (AvgIpc) is 3.05. The Morgan fingerprint density at radius 2 is 2.00 bits per heavy atom. The zero-order valence-electron chi connectivity index (χ0n) is 16.3. The van der Waals surface area contributed by atoms with Gasteiger partial charge in [-0.25, -0.2) is 0 Å². The van der Waals surface area contributed by atoms with E-state index in [0.717, 1.165) is 37.5 Å². The van der Waals surface area contributed by atoms with Crippen molar-refractivity contribution in [2.24, 2.45) is 5.92 Å². The van der Waals surface area contributed by atoms with Crippen LogP contribution in [0, 0.1) is 5.92 Å². The topological polar surface area (TPSA) is 46.3 Å². The van der Waals surface area contributed by atoms with Crippen molar-refractivity contribution in [1.29, 1.82) is 0 Å². The van der Waals surface area contributed by atoms with Gasteiger partial charge in [-0.1, -0.05) is 26.0 Å². The molecule has 1 aliphatic rings. The summed E-state index contributed by atoms with van der Waals surface area (Å²) in [4.78, 5) is 3.63. The molecule has 1 aliphatic heterocycles. The normalized spacial score (nSPS) is 16.5. The lowest BCUT2D eigenvalue weighted by atomic mass is 9.94. The van der Waals surface area contributed by atoms with E-state index in [0.29, 0.717) is 5.92 Å². The van der Waals surface area contributed by atoms with Gasteiger partial charge < -0.3 is 19.8 Å². The summed E-state index contributed by atoms with van der Waals surface area (Å²) < 4.78 is 11.4. The predicted molar refractivity (Wildman–Crippen MR) is 110 cm³/mol. The van der Waals surface area contributed by atoms with Crippen LogP contribution in [0.4, 0.5) is 0 Å². The summed E-state index contributed by atoms with van der Waals surface area (Å²) in [5.41, 5.74) is 5.04. The molecule has 27 heavy (non-hydrogen) atoms. The first-order valence-electron chi connectivity index (χ1n) is 9.80. The summed E-state index contributed by atoms with van der Waals surface area (Å²) >= 11 is 0. The Balaban J connectivity index is 1.64. The Morgan fingerprint density at radius 3 is 2.81 bits per heavy atom. The SMILES string of the molecule is COc1ccc2[nH]c3c(c2c1)CCNC3c1cccc(OCCC(C)C)c1. The fourth-order valence-electron chi connectivity index (χ4n) is 3.81. The molecule has 0 saturated heterocycles. The summed E-state index contributed by atoms with van der Waals surface area (Å²) in [6.07, 6.45) is 2.09. The third-order valence-electron chi connectivity index (χ3n) is 5.31. The van der Waals surface area contributed by atoms with E-state index in [9.17, 15) is 0 Å². The van der Waals surface area contributed by atoms with Gasteiger partial charge in [-0.05, 0) is 60.2 Å². The van der Waals surface area contributed by atoms with Crippen LogP contribution >= 0.6 is 0 Å². The molecule has 2 heterocycles. The number of rotatable bonds is 6. The van der Waals surface area contributed by atoms with Gasteiger partial charge >= 0.3 is 0 Å². The van der Waals surface area contributed by atoms with E-state index in [2.05, 4.69) is 54.5 Å². The maximum absolute atomic E-state index is 5.97. The Kier molecular flexibility index (Phi) is 5.08. The molecule has 142 valence electrons. The van der Waals surface area contributed by atoms with Gasteiger partial charge in [0, 0.05) is 23.1 Å². The number of nitrogens with one attached hydrogen (secondary N) is 2. The maximum Gasteiger partial charge on any atom is 0.119 e. The van der Waals surface area contributed by atoms with Gasteiger partial charge in [0.1, 0.15) is 11.5 Å². The summed E-state index contributed by atoms with van der Waals surface area (Å²) in [5, 5.41) is 4.93. The summed E-state index contributed by atoms with van der Waals surface area (Å²) in [5.74, 6) is 2.50. The zero-order chi connectivity index (χ0) is 18.8.